The van der Waals surface area contributed by atoms with Crippen LogP contribution in [0.15, 0.2) is 33.5 Å². The number of rotatable bonds is 6. The molecule has 130 valence electrons. The van der Waals surface area contributed by atoms with E-state index in [-0.39, 0.29) is 17.3 Å². The number of aliphatic hydroxyl groups is 2. The summed E-state index contributed by atoms with van der Waals surface area (Å²) in [5.41, 5.74) is -1.41. The predicted molar refractivity (Wildman–Crippen MR) is 89.1 cm³/mol. The molecule has 0 saturated heterocycles. The van der Waals surface area contributed by atoms with Gasteiger partial charge in [0.1, 0.15) is 23.2 Å². The molecule has 2 N–H and O–H groups in total. The monoisotopic (exact) mass is 334 g/mol. The first-order chi connectivity index (χ1) is 11.1. The lowest BCUT2D eigenvalue weighted by molar-refractivity contribution is -0.150. The van der Waals surface area contributed by atoms with E-state index >= 15 is 0 Å². The van der Waals surface area contributed by atoms with Crippen molar-refractivity contribution < 1.29 is 24.2 Å². The average molecular weight is 334 g/mol. The van der Waals surface area contributed by atoms with Gasteiger partial charge in [-0.05, 0) is 38.0 Å². The van der Waals surface area contributed by atoms with E-state index in [2.05, 4.69) is 0 Å². The van der Waals surface area contributed by atoms with Crippen LogP contribution in [0, 0.1) is 5.92 Å². The molecule has 1 aromatic heterocycles. The fraction of sp³-hybridized carbons (Fsp3) is 0.444. The van der Waals surface area contributed by atoms with E-state index in [4.69, 9.17) is 9.15 Å². The smallest absolute Gasteiger partial charge is 0.336 e. The van der Waals surface area contributed by atoms with E-state index < -0.39 is 23.4 Å². The summed E-state index contributed by atoms with van der Waals surface area (Å²) in [5.74, 6) is -0.485. The number of aliphatic hydroxyl groups excluding tert-OH is 1. The minimum absolute atomic E-state index is 0.0831. The maximum Gasteiger partial charge on any atom is 0.336 e. The number of carbonyl (C=O) groups is 1. The molecule has 2 unspecified atom stereocenters. The predicted octanol–water partition coefficient (Wildman–Crippen LogP) is 2.20. The highest BCUT2D eigenvalue weighted by Crippen LogP contribution is 2.37. The standard InChI is InChI=1S/C18H22O6/c1-10(2)12(9-19)15-13(23-17(21)18(3,4)22)7-5-11-6-8-14(20)24-16(11)15/h5-10,12,17,21-22H,1-4H3. The molecule has 6 nitrogen and oxygen atoms in total. The first-order valence-corrected chi connectivity index (χ1v) is 7.74. The van der Waals surface area contributed by atoms with Crippen molar-refractivity contribution in [3.8, 4) is 5.75 Å². The molecule has 24 heavy (non-hydrogen) atoms. The van der Waals surface area contributed by atoms with Crippen LogP contribution >= 0.6 is 0 Å². The SMILES string of the molecule is CC(C)C(C=O)c1c(OC(O)C(C)(C)O)ccc2ccc(=O)oc12. The van der Waals surface area contributed by atoms with Gasteiger partial charge in [0.15, 0.2) is 0 Å². The molecule has 0 bridgehead atoms. The first kappa shape index (κ1) is 18.2. The summed E-state index contributed by atoms with van der Waals surface area (Å²) in [6, 6.07) is 6.15. The second-order valence-corrected chi connectivity index (χ2v) is 6.68. The van der Waals surface area contributed by atoms with E-state index in [1.54, 1.807) is 18.2 Å². The molecule has 0 aliphatic carbocycles. The van der Waals surface area contributed by atoms with Gasteiger partial charge in [-0.3, -0.25) is 0 Å². The van der Waals surface area contributed by atoms with Gasteiger partial charge in [-0.25, -0.2) is 4.79 Å². The second-order valence-electron chi connectivity index (χ2n) is 6.68. The van der Waals surface area contributed by atoms with Crippen LogP contribution in [-0.4, -0.2) is 28.4 Å². The van der Waals surface area contributed by atoms with E-state index in [1.807, 2.05) is 13.8 Å². The van der Waals surface area contributed by atoms with Crippen molar-refractivity contribution in [1.29, 1.82) is 0 Å². The van der Waals surface area contributed by atoms with Gasteiger partial charge in [0.2, 0.25) is 6.29 Å². The van der Waals surface area contributed by atoms with Gasteiger partial charge >= 0.3 is 5.63 Å². The molecule has 6 heteroatoms. The fourth-order valence-electron chi connectivity index (χ4n) is 2.38. The van der Waals surface area contributed by atoms with Crippen molar-refractivity contribution in [3.63, 3.8) is 0 Å². The van der Waals surface area contributed by atoms with Crippen molar-refractivity contribution in [2.45, 2.75) is 45.5 Å². The van der Waals surface area contributed by atoms with Crippen LogP contribution in [0.3, 0.4) is 0 Å². The molecular formula is C18H22O6. The summed E-state index contributed by atoms with van der Waals surface area (Å²) < 4.78 is 10.8. The molecule has 0 fully saturated rings. The summed E-state index contributed by atoms with van der Waals surface area (Å²) in [6.45, 7) is 6.51. The van der Waals surface area contributed by atoms with Gasteiger partial charge in [-0.15, -0.1) is 0 Å². The second kappa shape index (κ2) is 6.75. The highest BCUT2D eigenvalue weighted by atomic mass is 16.6. The van der Waals surface area contributed by atoms with Crippen molar-refractivity contribution in [1.82, 2.24) is 0 Å². The minimum atomic E-state index is -1.51. The number of hydrogen-bond acceptors (Lipinski definition) is 6. The maximum atomic E-state index is 11.6. The summed E-state index contributed by atoms with van der Waals surface area (Å²) in [4.78, 5) is 23.2. The molecule has 2 rings (SSSR count). The van der Waals surface area contributed by atoms with E-state index in [0.29, 0.717) is 10.9 Å². The third kappa shape index (κ3) is 3.66. The zero-order chi connectivity index (χ0) is 18.1. The molecule has 1 heterocycles. The molecule has 1 aromatic carbocycles. The Morgan fingerprint density at radius 3 is 2.38 bits per heavy atom. The molecule has 2 aromatic rings. The number of ether oxygens (including phenoxy) is 1. The Morgan fingerprint density at radius 2 is 1.83 bits per heavy atom. The van der Waals surface area contributed by atoms with Gasteiger partial charge in [-0.1, -0.05) is 13.8 Å². The van der Waals surface area contributed by atoms with Crippen LogP contribution in [0.4, 0.5) is 0 Å². The number of carbonyl (C=O) groups excluding carboxylic acids is 1. The highest BCUT2D eigenvalue weighted by Gasteiger charge is 2.30. The highest BCUT2D eigenvalue weighted by molar-refractivity contribution is 5.86. The van der Waals surface area contributed by atoms with E-state index in [1.165, 1.54) is 19.9 Å². The first-order valence-electron chi connectivity index (χ1n) is 7.74. The van der Waals surface area contributed by atoms with Gasteiger partial charge in [0.25, 0.3) is 0 Å². The van der Waals surface area contributed by atoms with Crippen molar-refractivity contribution in [2.24, 2.45) is 5.92 Å². The zero-order valence-corrected chi connectivity index (χ0v) is 14.1. The number of fused-ring (bicyclic) bond motifs is 1. The normalized spacial score (nSPS) is 14.6. The number of benzene rings is 1. The van der Waals surface area contributed by atoms with Crippen molar-refractivity contribution in [3.05, 3.63) is 40.2 Å². The lowest BCUT2D eigenvalue weighted by Gasteiger charge is -2.27. The lowest BCUT2D eigenvalue weighted by atomic mass is 9.88. The minimum Gasteiger partial charge on any atom is -0.462 e. The van der Waals surface area contributed by atoms with Crippen molar-refractivity contribution in [2.75, 3.05) is 0 Å². The van der Waals surface area contributed by atoms with E-state index in [0.717, 1.165) is 6.29 Å². The molecule has 0 amide bonds. The molecule has 0 spiro atoms. The molecule has 0 aliphatic rings. The van der Waals surface area contributed by atoms with Crippen molar-refractivity contribution >= 4 is 17.3 Å². The quantitative estimate of drug-likeness (QED) is 0.477. The molecule has 2 atom stereocenters. The van der Waals surface area contributed by atoms with Gasteiger partial charge in [0.05, 0.1) is 0 Å². The molecule has 0 radical (unpaired) electrons. The van der Waals surface area contributed by atoms with Gasteiger partial charge < -0.3 is 24.2 Å². The molecule has 0 aliphatic heterocycles. The van der Waals surface area contributed by atoms with Crippen LogP contribution in [0.25, 0.3) is 11.0 Å². The molecular weight excluding hydrogens is 312 g/mol. The molecule has 0 saturated carbocycles. The Labute approximate surface area is 139 Å². The third-order valence-corrected chi connectivity index (χ3v) is 3.83. The van der Waals surface area contributed by atoms with Crippen LogP contribution in [-0.2, 0) is 4.79 Å². The summed E-state index contributed by atoms with van der Waals surface area (Å²) in [6.07, 6.45) is -0.751. The van der Waals surface area contributed by atoms with Crippen LogP contribution in [0.5, 0.6) is 5.75 Å². The maximum absolute atomic E-state index is 11.6. The Kier molecular flexibility index (Phi) is 5.11. The summed E-state index contributed by atoms with van der Waals surface area (Å²) >= 11 is 0. The lowest BCUT2D eigenvalue weighted by Crippen LogP contribution is -2.40. The topological polar surface area (TPSA) is 97.0 Å². The Hall–Kier alpha value is -2.18. The van der Waals surface area contributed by atoms with Crippen LogP contribution < -0.4 is 10.4 Å². The zero-order valence-electron chi connectivity index (χ0n) is 14.1. The number of aldehydes is 1. The Bertz CT molecular complexity index is 784. The summed E-state index contributed by atoms with van der Waals surface area (Å²) in [5, 5.41) is 20.6. The fourth-order valence-corrected chi connectivity index (χ4v) is 2.38. The van der Waals surface area contributed by atoms with Gasteiger partial charge in [-0.2, -0.15) is 0 Å². The van der Waals surface area contributed by atoms with Crippen LogP contribution in [0.2, 0.25) is 0 Å². The van der Waals surface area contributed by atoms with E-state index in [9.17, 15) is 19.8 Å². The largest absolute Gasteiger partial charge is 0.462 e. The average Bonchev–Trinajstić information content (AvgIpc) is 2.48. The van der Waals surface area contributed by atoms with Crippen LogP contribution in [0.1, 0.15) is 39.2 Å². The third-order valence-electron chi connectivity index (χ3n) is 3.83. The number of hydrogen-bond donors (Lipinski definition) is 2. The summed E-state index contributed by atoms with van der Waals surface area (Å²) in [7, 11) is 0. The van der Waals surface area contributed by atoms with Gasteiger partial charge in [0, 0.05) is 22.9 Å². The Balaban J connectivity index is 2.70. The Morgan fingerprint density at radius 1 is 1.21 bits per heavy atom.